The Morgan fingerprint density at radius 1 is 1.06 bits per heavy atom. The van der Waals surface area contributed by atoms with E-state index in [-0.39, 0.29) is 34.6 Å². The Balaban J connectivity index is 1.73. The number of carbonyl (C=O) groups excluding carboxylic acids is 1. The second-order valence-electron chi connectivity index (χ2n) is 9.00. The molecular formula is C23H24FN3O4. The first kappa shape index (κ1) is 20.8. The van der Waals surface area contributed by atoms with Crippen LogP contribution in [-0.4, -0.2) is 5.91 Å². The maximum atomic E-state index is 14.6. The number of furan rings is 1. The first-order valence-corrected chi connectivity index (χ1v) is 10.0. The van der Waals surface area contributed by atoms with Crippen LogP contribution < -0.4 is 26.8 Å². The van der Waals surface area contributed by atoms with Gasteiger partial charge >= 0.3 is 0 Å². The minimum Gasteiger partial charge on any atom is -0.464 e. The van der Waals surface area contributed by atoms with Gasteiger partial charge in [-0.2, -0.15) is 0 Å². The monoisotopic (exact) mass is 425 g/mol. The summed E-state index contributed by atoms with van der Waals surface area (Å²) in [6.45, 7) is 9.99. The highest BCUT2D eigenvalue weighted by Gasteiger charge is 2.34. The summed E-state index contributed by atoms with van der Waals surface area (Å²) in [5.41, 5.74) is -0.223. The maximum Gasteiger partial charge on any atom is 0.254 e. The first-order chi connectivity index (χ1) is 14.5. The van der Waals surface area contributed by atoms with E-state index in [4.69, 9.17) is 4.42 Å². The second-order valence-corrected chi connectivity index (χ2v) is 9.00. The molecule has 0 saturated heterocycles. The Morgan fingerprint density at radius 3 is 2.35 bits per heavy atom. The molecule has 4 rings (SSSR count). The molecule has 8 heteroatoms. The van der Waals surface area contributed by atoms with E-state index in [9.17, 15) is 18.8 Å². The van der Waals surface area contributed by atoms with E-state index in [1.165, 1.54) is 12.1 Å². The average Bonchev–Trinajstić information content (AvgIpc) is 3.23. The molecule has 0 spiro atoms. The van der Waals surface area contributed by atoms with Gasteiger partial charge in [-0.1, -0.05) is 26.8 Å². The number of halogens is 1. The minimum atomic E-state index is -0.766. The summed E-state index contributed by atoms with van der Waals surface area (Å²) in [6.07, 6.45) is 0. The molecule has 0 radical (unpaired) electrons. The molecule has 162 valence electrons. The first-order valence-electron chi connectivity index (χ1n) is 10.0. The number of aryl methyl sites for hydroxylation is 2. The predicted octanol–water partition coefficient (Wildman–Crippen LogP) is 3.82. The molecule has 0 bridgehead atoms. The number of benzene rings is 1. The number of nitrogens with one attached hydrogen (secondary N) is 3. The van der Waals surface area contributed by atoms with Crippen LogP contribution in [0, 0.1) is 25.1 Å². The van der Waals surface area contributed by atoms with Crippen LogP contribution in [0.2, 0.25) is 0 Å². The van der Waals surface area contributed by atoms with Crippen molar-refractivity contribution in [2.45, 2.75) is 47.2 Å². The number of hydrogen-bond acceptors (Lipinski definition) is 6. The third-order valence-corrected chi connectivity index (χ3v) is 5.69. The van der Waals surface area contributed by atoms with Gasteiger partial charge in [0.05, 0.1) is 17.3 Å². The van der Waals surface area contributed by atoms with E-state index in [2.05, 4.69) is 16.0 Å². The van der Waals surface area contributed by atoms with Crippen molar-refractivity contribution in [3.8, 4) is 0 Å². The lowest BCUT2D eigenvalue weighted by atomic mass is 9.84. The quantitative estimate of drug-likeness (QED) is 0.538. The van der Waals surface area contributed by atoms with Crippen molar-refractivity contribution < 1.29 is 13.6 Å². The van der Waals surface area contributed by atoms with Crippen molar-refractivity contribution in [3.63, 3.8) is 0 Å². The Kier molecular flexibility index (Phi) is 4.76. The Labute approximate surface area is 178 Å². The summed E-state index contributed by atoms with van der Waals surface area (Å²) in [5, 5.41) is 8.47. The Bertz CT molecular complexity index is 1260. The Hall–Kier alpha value is -3.42. The number of amides is 1. The van der Waals surface area contributed by atoms with Gasteiger partial charge < -0.3 is 20.4 Å². The zero-order valence-corrected chi connectivity index (χ0v) is 18.0. The molecule has 1 unspecified atom stereocenters. The van der Waals surface area contributed by atoms with Crippen LogP contribution in [0.15, 0.2) is 32.2 Å². The van der Waals surface area contributed by atoms with E-state index in [1.807, 2.05) is 40.7 Å². The fourth-order valence-corrected chi connectivity index (χ4v) is 3.79. The molecular weight excluding hydrogens is 401 g/mol. The fraction of sp³-hybridized carbons (Fsp3) is 0.348. The molecule has 1 amide bonds. The van der Waals surface area contributed by atoms with Crippen LogP contribution in [0.5, 0.6) is 0 Å². The summed E-state index contributed by atoms with van der Waals surface area (Å²) in [4.78, 5) is 36.9. The lowest BCUT2D eigenvalue weighted by molar-refractivity contribution is 0.0966. The van der Waals surface area contributed by atoms with Crippen LogP contribution in [0.3, 0.4) is 0 Å². The van der Waals surface area contributed by atoms with Gasteiger partial charge in [-0.15, -0.1) is 0 Å². The molecule has 0 aliphatic carbocycles. The van der Waals surface area contributed by atoms with Crippen molar-refractivity contribution in [3.05, 3.63) is 72.7 Å². The molecule has 31 heavy (non-hydrogen) atoms. The lowest BCUT2D eigenvalue weighted by Crippen LogP contribution is -2.39. The highest BCUT2D eigenvalue weighted by Crippen LogP contribution is 2.39. The van der Waals surface area contributed by atoms with Crippen molar-refractivity contribution in [1.82, 2.24) is 5.32 Å². The average molecular weight is 425 g/mol. The third kappa shape index (κ3) is 3.41. The van der Waals surface area contributed by atoms with Crippen LogP contribution in [0.1, 0.15) is 59.8 Å². The van der Waals surface area contributed by atoms with Crippen molar-refractivity contribution in [1.29, 1.82) is 0 Å². The fourth-order valence-electron chi connectivity index (χ4n) is 3.79. The zero-order chi connectivity index (χ0) is 22.7. The summed E-state index contributed by atoms with van der Waals surface area (Å²) >= 11 is 0. The van der Waals surface area contributed by atoms with Gasteiger partial charge in [-0.3, -0.25) is 14.4 Å². The number of anilines is 3. The second kappa shape index (κ2) is 7.08. The summed E-state index contributed by atoms with van der Waals surface area (Å²) < 4.78 is 20.4. The highest BCUT2D eigenvalue weighted by molar-refractivity contribution is 6.04. The van der Waals surface area contributed by atoms with Crippen LogP contribution in [-0.2, 0) is 6.54 Å². The minimum absolute atomic E-state index is 0.0482. The number of rotatable bonds is 5. The molecule has 3 N–H and O–H groups in total. The molecule has 2 aromatic carbocycles. The molecule has 3 aromatic rings. The van der Waals surface area contributed by atoms with E-state index in [0.717, 1.165) is 11.3 Å². The lowest BCUT2D eigenvalue weighted by Gasteiger charge is -2.31. The largest absolute Gasteiger partial charge is 0.464 e. The SMILES string of the molecule is Cc1cc(C(Nc2c(Nc3c(F)ccc4c3C(=O)NC4)c(=O)c2=O)C(C)(C)C)oc1C. The molecule has 1 aromatic heterocycles. The standard InChI is InChI=1S/C23H24FN3O4/c1-10-8-14(31-11(10)2)21(23(3,4)5)27-18-17(19(28)20(18)29)26-16-13(24)7-6-12-9-25-22(30)15(12)16/h6-8,21,26-27H,9H2,1-5H3,(H,25,30). The molecule has 2 heterocycles. The summed E-state index contributed by atoms with van der Waals surface area (Å²) in [7, 11) is 0. The van der Waals surface area contributed by atoms with Crippen LogP contribution >= 0.6 is 0 Å². The van der Waals surface area contributed by atoms with Crippen LogP contribution in [0.25, 0.3) is 0 Å². The molecule has 1 aliphatic rings. The number of carbonyl (C=O) groups is 1. The van der Waals surface area contributed by atoms with E-state index < -0.39 is 28.6 Å². The Morgan fingerprint density at radius 2 is 1.74 bits per heavy atom. The van der Waals surface area contributed by atoms with Gasteiger partial charge in [0.1, 0.15) is 28.7 Å². The van der Waals surface area contributed by atoms with Crippen molar-refractivity contribution in [2.24, 2.45) is 5.41 Å². The van der Waals surface area contributed by atoms with Crippen molar-refractivity contribution in [2.75, 3.05) is 10.6 Å². The topological polar surface area (TPSA) is 100 Å². The molecule has 1 atom stereocenters. The smallest absolute Gasteiger partial charge is 0.254 e. The number of fused-ring (bicyclic) bond motifs is 1. The summed E-state index contributed by atoms with van der Waals surface area (Å²) in [6, 6.07) is 4.22. The normalized spacial score (nSPS) is 14.5. The number of hydrogen-bond donors (Lipinski definition) is 3. The van der Waals surface area contributed by atoms with Gasteiger partial charge in [-0.05, 0) is 42.5 Å². The highest BCUT2D eigenvalue weighted by atomic mass is 19.1. The van der Waals surface area contributed by atoms with Gasteiger partial charge in [0.15, 0.2) is 0 Å². The maximum absolute atomic E-state index is 14.6. The van der Waals surface area contributed by atoms with Gasteiger partial charge in [0, 0.05) is 6.54 Å². The predicted molar refractivity (Wildman–Crippen MR) is 116 cm³/mol. The van der Waals surface area contributed by atoms with E-state index >= 15 is 0 Å². The molecule has 0 saturated carbocycles. The van der Waals surface area contributed by atoms with E-state index in [0.29, 0.717) is 11.3 Å². The zero-order valence-electron chi connectivity index (χ0n) is 18.0. The van der Waals surface area contributed by atoms with Gasteiger partial charge in [0.2, 0.25) is 0 Å². The van der Waals surface area contributed by atoms with Crippen LogP contribution in [0.4, 0.5) is 21.5 Å². The van der Waals surface area contributed by atoms with Gasteiger partial charge in [0.25, 0.3) is 16.8 Å². The summed E-state index contributed by atoms with van der Waals surface area (Å²) in [5.74, 6) is 0.286. The molecule has 1 aliphatic heterocycles. The van der Waals surface area contributed by atoms with E-state index in [1.54, 1.807) is 0 Å². The van der Waals surface area contributed by atoms with Crippen molar-refractivity contribution >= 4 is 23.0 Å². The molecule has 0 fully saturated rings. The van der Waals surface area contributed by atoms with Gasteiger partial charge in [-0.25, -0.2) is 4.39 Å². The third-order valence-electron chi connectivity index (χ3n) is 5.69. The molecule has 7 nitrogen and oxygen atoms in total.